The van der Waals surface area contributed by atoms with E-state index in [9.17, 15) is 34.8 Å². The zero-order valence-electron chi connectivity index (χ0n) is 13.7. The molecular formula is C12H14F3NO10S2. The van der Waals surface area contributed by atoms with Crippen molar-refractivity contribution in [1.82, 2.24) is 4.13 Å². The first-order valence-corrected chi connectivity index (χ1v) is 11.0. The molecule has 0 aromatic rings. The van der Waals surface area contributed by atoms with Gasteiger partial charge in [0.25, 0.3) is 0 Å². The lowest BCUT2D eigenvalue weighted by atomic mass is 10.1. The largest absolute Gasteiger partial charge is 0.512 e. The van der Waals surface area contributed by atoms with Crippen LogP contribution in [0.4, 0.5) is 13.2 Å². The van der Waals surface area contributed by atoms with Crippen molar-refractivity contribution in [3.63, 3.8) is 0 Å². The first-order chi connectivity index (χ1) is 12.8. The lowest BCUT2D eigenvalue weighted by Gasteiger charge is -2.25. The minimum absolute atomic E-state index is 0.361. The molecule has 3 aliphatic heterocycles. The number of ether oxygens (including phenoxy) is 4. The first-order valence-electron chi connectivity index (χ1n) is 8.07. The van der Waals surface area contributed by atoms with Crippen molar-refractivity contribution in [3.8, 4) is 0 Å². The zero-order chi connectivity index (χ0) is 20.5. The molecule has 1 saturated carbocycles. The summed E-state index contributed by atoms with van der Waals surface area (Å²) in [5.41, 5.74) is -5.90. The molecule has 4 aliphatic rings. The fourth-order valence-electron chi connectivity index (χ4n) is 3.65. The second-order valence-corrected chi connectivity index (χ2v) is 9.93. The van der Waals surface area contributed by atoms with Gasteiger partial charge in [0.05, 0.1) is 0 Å². The molecule has 0 radical (unpaired) electrons. The van der Waals surface area contributed by atoms with E-state index in [1.807, 2.05) is 0 Å². The van der Waals surface area contributed by atoms with E-state index < -0.39 is 68.3 Å². The number of halogens is 3. The Balaban J connectivity index is 1.47. The summed E-state index contributed by atoms with van der Waals surface area (Å²) in [6, 6.07) is 0. The zero-order valence-corrected chi connectivity index (χ0v) is 15.4. The third kappa shape index (κ3) is 3.29. The Kier molecular flexibility index (Phi) is 4.50. The molecule has 1 spiro atoms. The van der Waals surface area contributed by atoms with Crippen LogP contribution in [0.1, 0.15) is 25.7 Å². The average Bonchev–Trinajstić information content (AvgIpc) is 3.25. The number of hydrogen-bond acceptors (Lipinski definition) is 10. The van der Waals surface area contributed by atoms with Gasteiger partial charge in [0.2, 0.25) is 6.10 Å². The maximum atomic E-state index is 12.3. The van der Waals surface area contributed by atoms with Crippen LogP contribution < -0.4 is 4.13 Å². The summed E-state index contributed by atoms with van der Waals surface area (Å²) in [6.45, 7) is 0. The van der Waals surface area contributed by atoms with Crippen LogP contribution in [0.15, 0.2) is 0 Å². The number of carbonyl (C=O) groups is 1. The molecule has 11 nitrogen and oxygen atoms in total. The van der Waals surface area contributed by atoms with Crippen molar-refractivity contribution >= 4 is 26.3 Å². The normalized spacial score (nSPS) is 37.2. The molecule has 4 rings (SSSR count). The molecule has 28 heavy (non-hydrogen) atoms. The number of fused-ring (bicyclic) bond motifs is 3. The van der Waals surface area contributed by atoms with Crippen LogP contribution >= 0.6 is 0 Å². The number of sulfonamides is 1. The molecule has 1 aliphatic carbocycles. The van der Waals surface area contributed by atoms with Gasteiger partial charge in [-0.1, -0.05) is 4.13 Å². The van der Waals surface area contributed by atoms with Crippen molar-refractivity contribution in [3.05, 3.63) is 0 Å². The van der Waals surface area contributed by atoms with Gasteiger partial charge in [-0.05, 0) is 12.8 Å². The molecular weight excluding hydrogens is 439 g/mol. The highest BCUT2D eigenvalue weighted by Gasteiger charge is 2.66. The summed E-state index contributed by atoms with van der Waals surface area (Å²) in [6.07, 6.45) is -3.44. The summed E-state index contributed by atoms with van der Waals surface area (Å²) in [4.78, 5) is 11.9. The fraction of sp³-hybridized carbons (Fsp3) is 0.917. The topological polar surface area (TPSA) is 144 Å². The SMILES string of the molecule is O=C1OC2C3OC4(CCCC4)OC3OC2C1OS(=O)(=O)NS(=O)(=O)C(F)(F)F. The minimum atomic E-state index is -6.27. The number of carbonyl (C=O) groups excluding carboxylic acids is 1. The Labute approximate surface area is 156 Å². The van der Waals surface area contributed by atoms with Gasteiger partial charge in [-0.15, -0.1) is 0 Å². The van der Waals surface area contributed by atoms with E-state index in [0.29, 0.717) is 17.0 Å². The lowest BCUT2D eigenvalue weighted by Crippen LogP contribution is -2.45. The first kappa shape index (κ1) is 20.2. The van der Waals surface area contributed by atoms with Gasteiger partial charge >= 0.3 is 31.8 Å². The second kappa shape index (κ2) is 6.23. The van der Waals surface area contributed by atoms with Gasteiger partial charge in [-0.3, -0.25) is 0 Å². The van der Waals surface area contributed by atoms with E-state index in [0.717, 1.165) is 12.8 Å². The van der Waals surface area contributed by atoms with Gasteiger partial charge in [0, 0.05) is 12.8 Å². The molecule has 0 aromatic carbocycles. The average molecular weight is 453 g/mol. The molecule has 0 aromatic heterocycles. The van der Waals surface area contributed by atoms with Crippen molar-refractivity contribution in [2.75, 3.05) is 0 Å². The predicted octanol–water partition coefficient (Wildman–Crippen LogP) is -0.608. The summed E-state index contributed by atoms with van der Waals surface area (Å²) >= 11 is 0. The Morgan fingerprint density at radius 2 is 1.68 bits per heavy atom. The van der Waals surface area contributed by atoms with Crippen molar-refractivity contribution < 1.29 is 57.9 Å². The number of esters is 1. The smallest absolute Gasteiger partial charge is 0.454 e. The van der Waals surface area contributed by atoms with Crippen LogP contribution in [-0.4, -0.2) is 64.8 Å². The van der Waals surface area contributed by atoms with Crippen LogP contribution in [0.3, 0.4) is 0 Å². The van der Waals surface area contributed by atoms with Gasteiger partial charge < -0.3 is 18.9 Å². The molecule has 3 heterocycles. The highest BCUT2D eigenvalue weighted by atomic mass is 32.3. The number of rotatable bonds is 4. The van der Waals surface area contributed by atoms with Crippen molar-refractivity contribution in [1.29, 1.82) is 0 Å². The van der Waals surface area contributed by atoms with E-state index in [4.69, 9.17) is 18.9 Å². The van der Waals surface area contributed by atoms with Crippen LogP contribution in [0.25, 0.3) is 0 Å². The van der Waals surface area contributed by atoms with E-state index >= 15 is 0 Å². The predicted molar refractivity (Wildman–Crippen MR) is 77.6 cm³/mol. The van der Waals surface area contributed by atoms with Gasteiger partial charge in [-0.2, -0.15) is 21.6 Å². The summed E-state index contributed by atoms with van der Waals surface area (Å²) in [5.74, 6) is -2.13. The van der Waals surface area contributed by atoms with E-state index in [1.165, 1.54) is 0 Å². The highest BCUT2D eigenvalue weighted by molar-refractivity contribution is 8.03. The van der Waals surface area contributed by atoms with Crippen molar-refractivity contribution in [2.45, 2.75) is 67.7 Å². The fourth-order valence-corrected chi connectivity index (χ4v) is 5.72. The molecule has 4 fully saturated rings. The Morgan fingerprint density at radius 3 is 2.29 bits per heavy atom. The van der Waals surface area contributed by atoms with Crippen LogP contribution in [-0.2, 0) is 48.3 Å². The third-order valence-electron chi connectivity index (χ3n) is 4.78. The minimum Gasteiger partial charge on any atom is -0.454 e. The second-order valence-electron chi connectivity index (χ2n) is 6.69. The Hall–Kier alpha value is -1.04. The maximum absolute atomic E-state index is 12.3. The molecule has 16 heteroatoms. The van der Waals surface area contributed by atoms with E-state index in [1.54, 1.807) is 0 Å². The van der Waals surface area contributed by atoms with E-state index in [-0.39, 0.29) is 0 Å². The van der Waals surface area contributed by atoms with Crippen molar-refractivity contribution in [2.24, 2.45) is 0 Å². The van der Waals surface area contributed by atoms with Crippen LogP contribution in [0, 0.1) is 0 Å². The molecule has 5 unspecified atom stereocenters. The Bertz CT molecular complexity index is 882. The monoisotopic (exact) mass is 453 g/mol. The molecule has 0 amide bonds. The van der Waals surface area contributed by atoms with E-state index in [2.05, 4.69) is 4.18 Å². The molecule has 5 atom stereocenters. The van der Waals surface area contributed by atoms with Crippen LogP contribution in [0.5, 0.6) is 0 Å². The third-order valence-corrected chi connectivity index (χ3v) is 7.55. The standard InChI is InChI=1S/C12H14F3NO10S2/c13-12(14,15)27(18,19)16-28(20,21)26-7-5-6(22-9(7)17)8-10(23-5)25-11(24-8)3-1-2-4-11/h5-8,10,16H,1-4H2. The number of nitrogens with one attached hydrogen (secondary N) is 1. The summed E-state index contributed by atoms with van der Waals surface area (Å²) in [7, 11) is -11.8. The molecule has 3 saturated heterocycles. The number of hydrogen-bond donors (Lipinski definition) is 1. The lowest BCUT2D eigenvalue weighted by molar-refractivity contribution is -0.228. The summed E-state index contributed by atoms with van der Waals surface area (Å²) < 4.78 is 109. The van der Waals surface area contributed by atoms with Gasteiger partial charge in [0.1, 0.15) is 6.10 Å². The summed E-state index contributed by atoms with van der Waals surface area (Å²) in [5, 5.41) is 0. The van der Waals surface area contributed by atoms with Crippen LogP contribution in [0.2, 0.25) is 0 Å². The number of alkyl halides is 3. The molecule has 160 valence electrons. The van der Waals surface area contributed by atoms with Gasteiger partial charge in [-0.25, -0.2) is 17.4 Å². The van der Waals surface area contributed by atoms with Gasteiger partial charge in [0.15, 0.2) is 24.3 Å². The molecule has 0 bridgehead atoms. The Morgan fingerprint density at radius 1 is 1.04 bits per heavy atom. The maximum Gasteiger partial charge on any atom is 0.512 e. The quantitative estimate of drug-likeness (QED) is 0.548. The molecule has 1 N–H and O–H groups in total. The highest BCUT2D eigenvalue weighted by Crippen LogP contribution is 2.48.